The zero-order chi connectivity index (χ0) is 17.6. The van der Waals surface area contributed by atoms with Gasteiger partial charge in [-0.1, -0.05) is 30.3 Å². The molecule has 0 aromatic heterocycles. The van der Waals surface area contributed by atoms with E-state index >= 15 is 0 Å². The molecule has 4 atom stereocenters. The highest BCUT2D eigenvalue weighted by Crippen LogP contribution is 2.50. The highest BCUT2D eigenvalue weighted by Gasteiger charge is 2.64. The predicted octanol–water partition coefficient (Wildman–Crippen LogP) is -2.16. The fourth-order valence-corrected chi connectivity index (χ4v) is 4.83. The van der Waals surface area contributed by atoms with Gasteiger partial charge in [0.15, 0.2) is 0 Å². The SMILES string of the molecule is CC1(C)SC2[C@H](NC(=O)[C@H](N)c3ccccc3)C(=O)N2[C@H]1C(=O)O.O.O.O. The van der Waals surface area contributed by atoms with E-state index in [1.54, 1.807) is 38.1 Å². The Labute approximate surface area is 160 Å². The molecule has 2 fully saturated rings. The fourth-order valence-electron chi connectivity index (χ4n) is 3.20. The van der Waals surface area contributed by atoms with Crippen LogP contribution in [0.15, 0.2) is 30.3 Å². The zero-order valence-corrected chi connectivity index (χ0v) is 15.6. The Morgan fingerprint density at radius 1 is 1.22 bits per heavy atom. The molecule has 1 unspecified atom stereocenters. The van der Waals surface area contributed by atoms with E-state index in [1.807, 2.05) is 6.07 Å². The highest BCUT2D eigenvalue weighted by molar-refractivity contribution is 8.01. The number of nitrogens with two attached hydrogens (primary N) is 1. The van der Waals surface area contributed by atoms with E-state index in [0.717, 1.165) is 0 Å². The third-order valence-corrected chi connectivity index (χ3v) is 5.99. The van der Waals surface area contributed by atoms with Crippen LogP contribution in [0.1, 0.15) is 25.5 Å². The summed E-state index contributed by atoms with van der Waals surface area (Å²) < 4.78 is -0.618. The number of amides is 2. The van der Waals surface area contributed by atoms with Crippen LogP contribution in [0.4, 0.5) is 0 Å². The van der Waals surface area contributed by atoms with Gasteiger partial charge in [0, 0.05) is 4.75 Å². The van der Waals surface area contributed by atoms with E-state index in [-0.39, 0.29) is 27.7 Å². The number of carboxylic acids is 1. The van der Waals surface area contributed by atoms with E-state index in [2.05, 4.69) is 5.32 Å². The van der Waals surface area contributed by atoms with Crippen molar-refractivity contribution >= 4 is 29.5 Å². The van der Waals surface area contributed by atoms with Gasteiger partial charge in [-0.25, -0.2) is 4.79 Å². The molecule has 1 aromatic rings. The van der Waals surface area contributed by atoms with Gasteiger partial charge in [0.05, 0.1) is 0 Å². The Kier molecular flexibility index (Phi) is 7.97. The van der Waals surface area contributed by atoms with Crippen molar-refractivity contribution in [3.8, 4) is 0 Å². The fraction of sp³-hybridized carbons (Fsp3) is 0.438. The lowest BCUT2D eigenvalue weighted by atomic mass is 9.95. The maximum Gasteiger partial charge on any atom is 0.327 e. The molecule has 3 rings (SSSR count). The second kappa shape index (κ2) is 8.67. The van der Waals surface area contributed by atoms with E-state index in [9.17, 15) is 19.5 Å². The second-order valence-corrected chi connectivity index (χ2v) is 8.24. The number of nitrogens with zero attached hydrogens (tertiary/aromatic N) is 1. The molecular weight excluding hydrogens is 378 g/mol. The van der Waals surface area contributed by atoms with Crippen molar-refractivity contribution in [1.29, 1.82) is 0 Å². The largest absolute Gasteiger partial charge is 0.480 e. The van der Waals surface area contributed by atoms with Crippen LogP contribution in [-0.2, 0) is 14.4 Å². The molecule has 10 nitrogen and oxygen atoms in total. The van der Waals surface area contributed by atoms with Crippen LogP contribution in [-0.4, -0.2) is 66.4 Å². The first kappa shape index (κ1) is 24.8. The zero-order valence-electron chi connectivity index (χ0n) is 14.8. The standard InChI is InChI=1S/C16H19N3O4S.3H2O/c1-16(2)11(15(22)23)19-13(21)10(14(19)24-16)18-12(20)9(17)8-6-4-3-5-7-8;;;/h3-7,9-11,14H,17H2,1-2H3,(H,18,20)(H,22,23);3*1H2/t9-,10-,11+,14?;;;/m1.../s1. The normalized spacial score (nSPS) is 25.5. The molecule has 2 saturated heterocycles. The van der Waals surface area contributed by atoms with Crippen molar-refractivity contribution in [2.75, 3.05) is 0 Å². The first-order valence-corrected chi connectivity index (χ1v) is 8.45. The maximum atomic E-state index is 12.3. The van der Waals surface area contributed by atoms with Gasteiger partial charge in [-0.05, 0) is 19.4 Å². The minimum absolute atomic E-state index is 0. The number of nitrogens with one attached hydrogen (secondary N) is 1. The Hall–Kier alpha value is -2.18. The number of carboxylic acid groups (broad SMARTS) is 1. The van der Waals surface area contributed by atoms with Crippen LogP contribution in [0.3, 0.4) is 0 Å². The maximum absolute atomic E-state index is 12.3. The van der Waals surface area contributed by atoms with E-state index in [1.165, 1.54) is 16.7 Å². The molecule has 0 spiro atoms. The molecule has 2 amide bonds. The van der Waals surface area contributed by atoms with Crippen molar-refractivity contribution in [1.82, 2.24) is 10.2 Å². The van der Waals surface area contributed by atoms with Crippen LogP contribution in [0.25, 0.3) is 0 Å². The molecule has 2 heterocycles. The molecule has 152 valence electrons. The first-order chi connectivity index (χ1) is 11.2. The van der Waals surface area contributed by atoms with Crippen LogP contribution < -0.4 is 11.1 Å². The minimum Gasteiger partial charge on any atom is -0.480 e. The van der Waals surface area contributed by atoms with Crippen molar-refractivity contribution < 1.29 is 35.9 Å². The second-order valence-electron chi connectivity index (χ2n) is 6.47. The van der Waals surface area contributed by atoms with Crippen molar-refractivity contribution in [3.63, 3.8) is 0 Å². The van der Waals surface area contributed by atoms with E-state index in [0.29, 0.717) is 5.56 Å². The van der Waals surface area contributed by atoms with Crippen molar-refractivity contribution in [2.24, 2.45) is 5.73 Å². The third kappa shape index (κ3) is 4.06. The minimum atomic E-state index is -1.03. The number of carbonyl (C=O) groups is 3. The van der Waals surface area contributed by atoms with Crippen molar-refractivity contribution in [3.05, 3.63) is 35.9 Å². The van der Waals surface area contributed by atoms with E-state index in [4.69, 9.17) is 5.73 Å². The van der Waals surface area contributed by atoms with Gasteiger partial charge < -0.3 is 37.5 Å². The Morgan fingerprint density at radius 2 is 1.78 bits per heavy atom. The lowest BCUT2D eigenvalue weighted by molar-refractivity contribution is -0.161. The summed E-state index contributed by atoms with van der Waals surface area (Å²) >= 11 is 1.38. The van der Waals surface area contributed by atoms with Crippen LogP contribution in [0.2, 0.25) is 0 Å². The Morgan fingerprint density at radius 3 is 2.30 bits per heavy atom. The average Bonchev–Trinajstić information content (AvgIpc) is 2.80. The molecule has 1 aromatic carbocycles. The topological polar surface area (TPSA) is 207 Å². The number of thioether (sulfide) groups is 1. The summed E-state index contributed by atoms with van der Waals surface area (Å²) in [7, 11) is 0. The summed E-state index contributed by atoms with van der Waals surface area (Å²) in [6, 6.07) is 6.38. The summed E-state index contributed by atoms with van der Waals surface area (Å²) in [5.74, 6) is -1.86. The van der Waals surface area contributed by atoms with Crippen LogP contribution in [0, 0.1) is 0 Å². The molecule has 0 bridgehead atoms. The summed E-state index contributed by atoms with van der Waals surface area (Å²) in [6.07, 6.45) is 0. The van der Waals surface area contributed by atoms with Gasteiger partial charge in [-0.2, -0.15) is 0 Å². The Balaban J connectivity index is 0.00000225. The molecular formula is C16H25N3O7S. The average molecular weight is 403 g/mol. The number of benzene rings is 1. The number of aliphatic carboxylic acids is 1. The summed E-state index contributed by atoms with van der Waals surface area (Å²) in [5, 5.41) is 11.7. The summed E-state index contributed by atoms with van der Waals surface area (Å²) in [6.45, 7) is 3.58. The molecule has 11 heteroatoms. The number of carbonyl (C=O) groups excluding carboxylic acids is 2. The van der Waals surface area contributed by atoms with E-state index < -0.39 is 34.7 Å². The van der Waals surface area contributed by atoms with Gasteiger partial charge in [-0.15, -0.1) is 11.8 Å². The quantitative estimate of drug-likeness (QED) is 0.477. The first-order valence-electron chi connectivity index (χ1n) is 7.58. The van der Waals surface area contributed by atoms with Gasteiger partial charge in [0.2, 0.25) is 11.8 Å². The highest BCUT2D eigenvalue weighted by atomic mass is 32.2. The van der Waals surface area contributed by atoms with Crippen LogP contribution in [0.5, 0.6) is 0 Å². The molecule has 2 aliphatic heterocycles. The summed E-state index contributed by atoms with van der Waals surface area (Å²) in [5.41, 5.74) is 6.59. The number of fused-ring (bicyclic) bond motifs is 1. The number of β-lactam (4-membered cyclic amide) rings is 1. The molecule has 0 radical (unpaired) electrons. The van der Waals surface area contributed by atoms with Gasteiger partial charge in [-0.3, -0.25) is 9.59 Å². The van der Waals surface area contributed by atoms with Gasteiger partial charge >= 0.3 is 5.97 Å². The smallest absolute Gasteiger partial charge is 0.327 e. The van der Waals surface area contributed by atoms with Gasteiger partial charge in [0.25, 0.3) is 0 Å². The Bertz CT molecular complexity index is 701. The molecule has 2 aliphatic rings. The molecule has 0 aliphatic carbocycles. The van der Waals surface area contributed by atoms with Gasteiger partial charge in [0.1, 0.15) is 23.5 Å². The monoisotopic (exact) mass is 403 g/mol. The molecule has 0 saturated carbocycles. The number of rotatable bonds is 4. The third-order valence-electron chi connectivity index (χ3n) is 4.41. The van der Waals surface area contributed by atoms with Crippen molar-refractivity contribution in [2.45, 2.75) is 42.1 Å². The lowest BCUT2D eigenvalue weighted by Crippen LogP contribution is -2.71. The molecule has 10 N–H and O–H groups in total. The lowest BCUT2D eigenvalue weighted by Gasteiger charge is -2.43. The van der Waals surface area contributed by atoms with Crippen LogP contribution >= 0.6 is 11.8 Å². The molecule has 27 heavy (non-hydrogen) atoms. The predicted molar refractivity (Wildman–Crippen MR) is 99.9 cm³/mol. The number of hydrogen-bond acceptors (Lipinski definition) is 5. The summed E-state index contributed by atoms with van der Waals surface area (Å²) in [4.78, 5) is 37.5. The number of hydrogen-bond donors (Lipinski definition) is 3.